The highest BCUT2D eigenvalue weighted by molar-refractivity contribution is 5.76. The fraction of sp³-hybridized carbons (Fsp3) is 0.679. The van der Waals surface area contributed by atoms with Crippen molar-refractivity contribution in [1.82, 2.24) is 5.32 Å². The molecule has 496 valence electrons. The largest absolute Gasteiger partial charge is 0.394 e. The molecule has 1 rings (SSSR count). The Morgan fingerprint density at radius 2 is 0.724 bits per heavy atom. The number of aliphatic hydroxyl groups is 5. The van der Waals surface area contributed by atoms with E-state index in [4.69, 9.17) is 9.47 Å². The third-order valence-electron chi connectivity index (χ3n) is 15.9. The van der Waals surface area contributed by atoms with Crippen LogP contribution in [-0.4, -0.2) is 87.5 Å². The SMILES string of the molecule is CC/C=C\C/C=C\C/C=C\C/C=C\C/C=C\C/C=C\C/C=C\C/C=C\C/C=C\C/C=C\CCCCCCCCCCCCC(=O)NC(COC1OC(CO)C(O)C(O)C1O)C(O)/C=C/CC/C=C/CCCCCCCCCCCCCCCCCCC. The molecule has 0 aliphatic carbocycles. The summed E-state index contributed by atoms with van der Waals surface area (Å²) in [5.74, 6) is -0.195. The van der Waals surface area contributed by atoms with Crippen molar-refractivity contribution in [1.29, 1.82) is 0 Å². The summed E-state index contributed by atoms with van der Waals surface area (Å²) in [4.78, 5) is 13.1. The first-order chi connectivity index (χ1) is 42.8. The second-order valence-corrected chi connectivity index (χ2v) is 23.9. The van der Waals surface area contributed by atoms with Crippen LogP contribution in [0.25, 0.3) is 0 Å². The Balaban J connectivity index is 2.16. The normalized spacial score (nSPS) is 18.9. The Labute approximate surface area is 533 Å². The zero-order chi connectivity index (χ0) is 62.8. The molecule has 0 radical (unpaired) electrons. The molecule has 7 atom stereocenters. The standard InChI is InChI=1S/C78H131NO8/c1-3-5-7-9-11-13-15-17-19-21-23-25-27-28-29-30-31-32-33-34-35-36-37-38-39-40-41-42-43-44-46-48-50-52-54-56-58-60-62-64-66-68-74(82)79-71(70-86-78-77(85)76(84)75(83)73(69-80)87-78)72(81)67-65-63-61-59-57-55-53-51-49-47-45-26-24-22-20-18-16-14-12-10-8-6-4-2/h5,7,11,13,17,19,23,25,28-29,31-32,34-35,37-38,40-41,43-44,57,59,65,67,71-73,75-78,80-81,83-85H,3-4,6,8-10,12,14-16,18,20-22,24,26-27,30,33,36,39,42,45-56,58,60-64,66,68-70H2,1-2H3,(H,79,82)/b7-5-,13-11-,19-17-,25-23-,29-28-,32-31-,35-34-,38-37-,41-40-,44-43-,59-57+,67-65+. The van der Waals surface area contributed by atoms with Gasteiger partial charge in [-0.25, -0.2) is 0 Å². The van der Waals surface area contributed by atoms with E-state index in [-0.39, 0.29) is 12.5 Å². The predicted molar refractivity (Wildman–Crippen MR) is 373 cm³/mol. The Hall–Kier alpha value is -3.93. The molecule has 7 unspecified atom stereocenters. The fourth-order valence-corrected chi connectivity index (χ4v) is 10.4. The average molecular weight is 1210 g/mol. The summed E-state index contributed by atoms with van der Waals surface area (Å²) in [5.41, 5.74) is 0. The number of hydrogen-bond donors (Lipinski definition) is 6. The molecule has 1 aliphatic rings. The summed E-state index contributed by atoms with van der Waals surface area (Å²) in [7, 11) is 0. The number of hydrogen-bond acceptors (Lipinski definition) is 8. The molecule has 1 fully saturated rings. The van der Waals surface area contributed by atoms with E-state index >= 15 is 0 Å². The second kappa shape index (κ2) is 65.0. The van der Waals surface area contributed by atoms with Crippen molar-refractivity contribution in [2.45, 2.75) is 326 Å². The lowest BCUT2D eigenvalue weighted by atomic mass is 9.99. The van der Waals surface area contributed by atoms with E-state index in [9.17, 15) is 30.3 Å². The topological polar surface area (TPSA) is 149 Å². The van der Waals surface area contributed by atoms with Crippen LogP contribution < -0.4 is 5.32 Å². The molecule has 0 aromatic rings. The molecule has 6 N–H and O–H groups in total. The summed E-state index contributed by atoms with van der Waals surface area (Å²) >= 11 is 0. The van der Waals surface area contributed by atoms with Crippen molar-refractivity contribution in [2.24, 2.45) is 0 Å². The molecule has 1 aliphatic heterocycles. The maximum Gasteiger partial charge on any atom is 0.220 e. The Bertz CT molecular complexity index is 1890. The summed E-state index contributed by atoms with van der Waals surface area (Å²) in [6.07, 6.45) is 93.7. The second-order valence-electron chi connectivity index (χ2n) is 23.9. The van der Waals surface area contributed by atoms with Crippen LogP contribution in [0.4, 0.5) is 0 Å². The summed E-state index contributed by atoms with van der Waals surface area (Å²) in [5, 5.41) is 54.7. The van der Waals surface area contributed by atoms with E-state index in [0.717, 1.165) is 116 Å². The molecule has 0 bridgehead atoms. The van der Waals surface area contributed by atoms with Crippen molar-refractivity contribution in [3.05, 3.63) is 146 Å². The van der Waals surface area contributed by atoms with Gasteiger partial charge in [0.05, 0.1) is 25.4 Å². The van der Waals surface area contributed by atoms with E-state index in [0.29, 0.717) is 6.42 Å². The Morgan fingerprint density at radius 1 is 0.402 bits per heavy atom. The maximum absolute atomic E-state index is 13.1. The third-order valence-corrected chi connectivity index (χ3v) is 15.9. The highest BCUT2D eigenvalue weighted by Crippen LogP contribution is 2.23. The van der Waals surface area contributed by atoms with Crippen LogP contribution in [0, 0.1) is 0 Å². The van der Waals surface area contributed by atoms with Crippen LogP contribution >= 0.6 is 0 Å². The van der Waals surface area contributed by atoms with Crippen LogP contribution in [0.2, 0.25) is 0 Å². The van der Waals surface area contributed by atoms with E-state index in [1.165, 1.54) is 148 Å². The first kappa shape index (κ1) is 81.1. The molecule has 0 aromatic carbocycles. The molecule has 0 spiro atoms. The number of unbranched alkanes of at least 4 members (excludes halogenated alkanes) is 28. The van der Waals surface area contributed by atoms with Crippen LogP contribution in [0.3, 0.4) is 0 Å². The lowest BCUT2D eigenvalue weighted by molar-refractivity contribution is -0.302. The van der Waals surface area contributed by atoms with Gasteiger partial charge in [-0.05, 0) is 109 Å². The van der Waals surface area contributed by atoms with Crippen molar-refractivity contribution in [3.8, 4) is 0 Å². The highest BCUT2D eigenvalue weighted by Gasteiger charge is 2.44. The minimum absolute atomic E-state index is 0.195. The molecule has 9 heteroatoms. The number of aliphatic hydroxyl groups excluding tert-OH is 5. The average Bonchev–Trinajstić information content (AvgIpc) is 3.47. The van der Waals surface area contributed by atoms with Gasteiger partial charge >= 0.3 is 0 Å². The molecule has 9 nitrogen and oxygen atoms in total. The van der Waals surface area contributed by atoms with Crippen molar-refractivity contribution in [3.63, 3.8) is 0 Å². The first-order valence-corrected chi connectivity index (χ1v) is 35.6. The van der Waals surface area contributed by atoms with Gasteiger partial charge in [-0.15, -0.1) is 0 Å². The summed E-state index contributed by atoms with van der Waals surface area (Å²) in [6, 6.07) is -0.835. The van der Waals surface area contributed by atoms with Gasteiger partial charge in [0.15, 0.2) is 6.29 Å². The maximum atomic E-state index is 13.1. The summed E-state index contributed by atoms with van der Waals surface area (Å²) < 4.78 is 11.3. The number of carbonyl (C=O) groups excluding carboxylic acids is 1. The minimum Gasteiger partial charge on any atom is -0.394 e. The van der Waals surface area contributed by atoms with Crippen LogP contribution in [0.1, 0.15) is 284 Å². The van der Waals surface area contributed by atoms with E-state index in [1.807, 2.05) is 6.08 Å². The molecule has 0 aromatic heterocycles. The lowest BCUT2D eigenvalue weighted by Gasteiger charge is -2.40. The van der Waals surface area contributed by atoms with E-state index in [2.05, 4.69) is 153 Å². The number of nitrogens with one attached hydrogen (secondary N) is 1. The molecule has 1 heterocycles. The highest BCUT2D eigenvalue weighted by atomic mass is 16.7. The zero-order valence-electron chi connectivity index (χ0n) is 55.5. The third kappa shape index (κ3) is 53.6. The predicted octanol–water partition coefficient (Wildman–Crippen LogP) is 19.7. The number of carbonyl (C=O) groups is 1. The van der Waals surface area contributed by atoms with Gasteiger partial charge in [-0.3, -0.25) is 4.79 Å². The van der Waals surface area contributed by atoms with Gasteiger partial charge in [0.1, 0.15) is 24.4 Å². The van der Waals surface area contributed by atoms with Gasteiger partial charge < -0.3 is 40.3 Å². The molecular weight excluding hydrogens is 1080 g/mol. The van der Waals surface area contributed by atoms with Crippen molar-refractivity contribution >= 4 is 5.91 Å². The molecule has 1 amide bonds. The fourth-order valence-electron chi connectivity index (χ4n) is 10.4. The van der Waals surface area contributed by atoms with Gasteiger partial charge in [-0.2, -0.15) is 0 Å². The van der Waals surface area contributed by atoms with Gasteiger partial charge in [0.2, 0.25) is 5.91 Å². The number of allylic oxidation sites excluding steroid dienone is 23. The summed E-state index contributed by atoms with van der Waals surface area (Å²) in [6.45, 7) is 3.66. The minimum atomic E-state index is -1.58. The van der Waals surface area contributed by atoms with Crippen LogP contribution in [-0.2, 0) is 14.3 Å². The Morgan fingerprint density at radius 3 is 1.10 bits per heavy atom. The Kier molecular flexibility index (Phi) is 60.6. The quantitative estimate of drug-likeness (QED) is 0.0261. The van der Waals surface area contributed by atoms with E-state index in [1.54, 1.807) is 6.08 Å². The van der Waals surface area contributed by atoms with Gasteiger partial charge in [-0.1, -0.05) is 314 Å². The molecular formula is C78H131NO8. The number of rotatable bonds is 60. The van der Waals surface area contributed by atoms with Gasteiger partial charge in [0, 0.05) is 6.42 Å². The van der Waals surface area contributed by atoms with Crippen molar-refractivity contribution in [2.75, 3.05) is 13.2 Å². The number of amides is 1. The first-order valence-electron chi connectivity index (χ1n) is 35.6. The monoisotopic (exact) mass is 1210 g/mol. The van der Waals surface area contributed by atoms with Crippen LogP contribution in [0.5, 0.6) is 0 Å². The molecule has 0 saturated carbocycles. The van der Waals surface area contributed by atoms with Crippen molar-refractivity contribution < 1.29 is 39.8 Å². The lowest BCUT2D eigenvalue weighted by Crippen LogP contribution is -2.60. The molecule has 87 heavy (non-hydrogen) atoms. The van der Waals surface area contributed by atoms with Crippen LogP contribution in [0.15, 0.2) is 146 Å². The van der Waals surface area contributed by atoms with E-state index < -0.39 is 49.5 Å². The number of ether oxygens (including phenoxy) is 2. The molecule has 1 saturated heterocycles. The van der Waals surface area contributed by atoms with Gasteiger partial charge in [0.25, 0.3) is 0 Å². The smallest absolute Gasteiger partial charge is 0.220 e. The zero-order valence-corrected chi connectivity index (χ0v) is 55.5.